The summed E-state index contributed by atoms with van der Waals surface area (Å²) < 4.78 is 27.3. The minimum atomic E-state index is -4.02. The summed E-state index contributed by atoms with van der Waals surface area (Å²) in [6.45, 7) is 2.14. The summed E-state index contributed by atoms with van der Waals surface area (Å²) >= 11 is 12.0. The number of halogens is 2. The van der Waals surface area contributed by atoms with Crippen LogP contribution in [0.15, 0.2) is 53.4 Å². The van der Waals surface area contributed by atoms with Gasteiger partial charge in [-0.25, -0.2) is 8.42 Å². The molecule has 140 valence electrons. The second-order valence-electron chi connectivity index (χ2n) is 5.68. The lowest BCUT2D eigenvalue weighted by molar-refractivity contribution is -0.121. The molecule has 2 rings (SSSR count). The molecular weight excluding hydrogens is 395 g/mol. The van der Waals surface area contributed by atoms with Crippen LogP contribution in [0.2, 0.25) is 10.0 Å². The van der Waals surface area contributed by atoms with Crippen molar-refractivity contribution in [3.8, 4) is 0 Å². The van der Waals surface area contributed by atoms with Gasteiger partial charge < -0.3 is 5.32 Å². The molecule has 0 aliphatic rings. The molecule has 0 bridgehead atoms. The summed E-state index contributed by atoms with van der Waals surface area (Å²) in [5.74, 6) is -0.371. The smallest absolute Gasteiger partial charge is 0.245 e. The number of carbonyl (C=O) groups is 1. The highest BCUT2D eigenvalue weighted by molar-refractivity contribution is 7.89. The van der Waals surface area contributed by atoms with Crippen molar-refractivity contribution in [3.63, 3.8) is 0 Å². The summed E-state index contributed by atoms with van der Waals surface area (Å²) in [6, 6.07) is 13.3. The molecule has 0 saturated heterocycles. The Morgan fingerprint density at radius 3 is 2.46 bits per heavy atom. The van der Waals surface area contributed by atoms with Crippen LogP contribution in [-0.4, -0.2) is 31.7 Å². The SMILES string of the molecule is CCCNC(=O)CN(Cc1ccccc1)S(=O)(=O)c1cc(Cl)ccc1Cl. The second-order valence-corrected chi connectivity index (χ2v) is 8.43. The van der Waals surface area contributed by atoms with E-state index in [9.17, 15) is 13.2 Å². The predicted octanol–water partition coefficient (Wildman–Crippen LogP) is 3.71. The Hall–Kier alpha value is -1.60. The van der Waals surface area contributed by atoms with Gasteiger partial charge >= 0.3 is 0 Å². The Balaban J connectivity index is 2.37. The zero-order valence-corrected chi connectivity index (χ0v) is 16.6. The van der Waals surface area contributed by atoms with Crippen LogP contribution >= 0.6 is 23.2 Å². The number of carbonyl (C=O) groups excluding carboxylic acids is 1. The van der Waals surface area contributed by atoms with Crippen molar-refractivity contribution in [2.45, 2.75) is 24.8 Å². The standard InChI is InChI=1S/C18H20Cl2N2O3S/c1-2-10-21-18(23)13-22(12-14-6-4-3-5-7-14)26(24,25)17-11-15(19)8-9-16(17)20/h3-9,11H,2,10,12-13H2,1H3,(H,21,23). The van der Waals surface area contributed by atoms with E-state index in [0.717, 1.165) is 16.3 Å². The van der Waals surface area contributed by atoms with E-state index in [1.54, 1.807) is 12.1 Å². The van der Waals surface area contributed by atoms with Crippen molar-refractivity contribution in [1.29, 1.82) is 0 Å². The molecular formula is C18H20Cl2N2O3S. The molecule has 26 heavy (non-hydrogen) atoms. The van der Waals surface area contributed by atoms with Gasteiger partial charge in [0.15, 0.2) is 0 Å². The largest absolute Gasteiger partial charge is 0.355 e. The molecule has 1 amide bonds. The van der Waals surface area contributed by atoms with E-state index in [4.69, 9.17) is 23.2 Å². The number of sulfonamides is 1. The summed E-state index contributed by atoms with van der Waals surface area (Å²) in [4.78, 5) is 12.0. The number of hydrogen-bond donors (Lipinski definition) is 1. The number of nitrogens with zero attached hydrogens (tertiary/aromatic N) is 1. The molecule has 1 N–H and O–H groups in total. The lowest BCUT2D eigenvalue weighted by Gasteiger charge is -2.22. The molecule has 0 aliphatic carbocycles. The van der Waals surface area contributed by atoms with Gasteiger partial charge in [0, 0.05) is 18.1 Å². The zero-order valence-electron chi connectivity index (χ0n) is 14.3. The van der Waals surface area contributed by atoms with Gasteiger partial charge in [0.1, 0.15) is 4.90 Å². The van der Waals surface area contributed by atoms with E-state index in [-0.39, 0.29) is 33.9 Å². The third kappa shape index (κ3) is 5.45. The molecule has 0 radical (unpaired) electrons. The summed E-state index contributed by atoms with van der Waals surface area (Å²) in [5, 5.41) is 3.00. The molecule has 0 spiro atoms. The molecule has 0 heterocycles. The third-order valence-electron chi connectivity index (χ3n) is 3.60. The van der Waals surface area contributed by atoms with Gasteiger partial charge in [-0.2, -0.15) is 4.31 Å². The van der Waals surface area contributed by atoms with E-state index in [1.165, 1.54) is 18.2 Å². The van der Waals surface area contributed by atoms with Gasteiger partial charge in [-0.1, -0.05) is 60.5 Å². The lowest BCUT2D eigenvalue weighted by atomic mass is 10.2. The van der Waals surface area contributed by atoms with Gasteiger partial charge in [0.25, 0.3) is 0 Å². The van der Waals surface area contributed by atoms with Crippen LogP contribution in [0, 0.1) is 0 Å². The van der Waals surface area contributed by atoms with Gasteiger partial charge in [-0.3, -0.25) is 4.79 Å². The maximum atomic E-state index is 13.1. The normalized spacial score (nSPS) is 11.5. The Labute approximate surface area is 164 Å². The fourth-order valence-corrected chi connectivity index (χ4v) is 4.43. The number of rotatable bonds is 8. The highest BCUT2D eigenvalue weighted by atomic mass is 35.5. The average Bonchev–Trinajstić information content (AvgIpc) is 2.62. The molecule has 0 aromatic heterocycles. The number of nitrogens with one attached hydrogen (secondary N) is 1. The molecule has 5 nitrogen and oxygen atoms in total. The predicted molar refractivity (Wildman–Crippen MR) is 104 cm³/mol. The molecule has 8 heteroatoms. The molecule has 0 fully saturated rings. The van der Waals surface area contributed by atoms with Crippen LogP contribution in [0.1, 0.15) is 18.9 Å². The Morgan fingerprint density at radius 1 is 1.12 bits per heavy atom. The van der Waals surface area contributed by atoms with Crippen molar-refractivity contribution in [2.75, 3.05) is 13.1 Å². The first-order valence-electron chi connectivity index (χ1n) is 8.10. The van der Waals surface area contributed by atoms with Crippen LogP contribution in [0.25, 0.3) is 0 Å². The lowest BCUT2D eigenvalue weighted by Crippen LogP contribution is -2.40. The fraction of sp³-hybridized carbons (Fsp3) is 0.278. The van der Waals surface area contributed by atoms with Crippen molar-refractivity contribution in [2.24, 2.45) is 0 Å². The first kappa shape index (κ1) is 20.7. The monoisotopic (exact) mass is 414 g/mol. The van der Waals surface area contributed by atoms with E-state index < -0.39 is 10.0 Å². The van der Waals surface area contributed by atoms with Crippen LogP contribution in [-0.2, 0) is 21.4 Å². The van der Waals surface area contributed by atoms with E-state index in [2.05, 4.69) is 5.32 Å². The maximum Gasteiger partial charge on any atom is 0.245 e. The van der Waals surface area contributed by atoms with Crippen LogP contribution in [0.4, 0.5) is 0 Å². The van der Waals surface area contributed by atoms with Gasteiger partial charge in [-0.05, 0) is 30.2 Å². The molecule has 2 aromatic carbocycles. The van der Waals surface area contributed by atoms with Crippen LogP contribution in [0.3, 0.4) is 0 Å². The first-order valence-corrected chi connectivity index (χ1v) is 10.3. The number of amides is 1. The Morgan fingerprint density at radius 2 is 1.81 bits per heavy atom. The van der Waals surface area contributed by atoms with Crippen LogP contribution < -0.4 is 5.32 Å². The van der Waals surface area contributed by atoms with E-state index in [1.807, 2.05) is 25.1 Å². The summed E-state index contributed by atoms with van der Waals surface area (Å²) in [6.07, 6.45) is 0.761. The maximum absolute atomic E-state index is 13.1. The van der Waals surface area contributed by atoms with Crippen molar-refractivity contribution < 1.29 is 13.2 Å². The van der Waals surface area contributed by atoms with Crippen LogP contribution in [0.5, 0.6) is 0 Å². The topological polar surface area (TPSA) is 66.5 Å². The Bertz CT molecular complexity index is 858. The molecule has 0 atom stereocenters. The Kier molecular flexibility index (Phi) is 7.46. The quantitative estimate of drug-likeness (QED) is 0.715. The van der Waals surface area contributed by atoms with Gasteiger partial charge in [0.2, 0.25) is 15.9 Å². The fourth-order valence-electron chi connectivity index (χ4n) is 2.31. The highest BCUT2D eigenvalue weighted by Crippen LogP contribution is 2.28. The van der Waals surface area contributed by atoms with Crippen molar-refractivity contribution >= 4 is 39.1 Å². The zero-order chi connectivity index (χ0) is 19.2. The van der Waals surface area contributed by atoms with Gasteiger partial charge in [-0.15, -0.1) is 0 Å². The average molecular weight is 415 g/mol. The number of benzene rings is 2. The van der Waals surface area contributed by atoms with Gasteiger partial charge in [0.05, 0.1) is 11.6 Å². The highest BCUT2D eigenvalue weighted by Gasteiger charge is 2.29. The second kappa shape index (κ2) is 9.37. The minimum Gasteiger partial charge on any atom is -0.355 e. The molecule has 0 unspecified atom stereocenters. The first-order chi connectivity index (χ1) is 12.3. The minimum absolute atomic E-state index is 0.0472. The molecule has 0 saturated carbocycles. The van der Waals surface area contributed by atoms with E-state index >= 15 is 0 Å². The van der Waals surface area contributed by atoms with Crippen molar-refractivity contribution in [3.05, 3.63) is 64.1 Å². The van der Waals surface area contributed by atoms with Crippen molar-refractivity contribution in [1.82, 2.24) is 9.62 Å². The summed E-state index contributed by atoms with van der Waals surface area (Å²) in [5.41, 5.74) is 0.762. The molecule has 2 aromatic rings. The van der Waals surface area contributed by atoms with E-state index in [0.29, 0.717) is 6.54 Å². The third-order valence-corrected chi connectivity index (χ3v) is 6.11. The molecule has 0 aliphatic heterocycles. The summed E-state index contributed by atoms with van der Waals surface area (Å²) in [7, 11) is -4.02. The number of hydrogen-bond acceptors (Lipinski definition) is 3.